The van der Waals surface area contributed by atoms with Crippen molar-refractivity contribution in [1.82, 2.24) is 4.57 Å². The molecule has 0 spiro atoms. The van der Waals surface area contributed by atoms with Gasteiger partial charge in [-0.15, -0.1) is 11.8 Å². The van der Waals surface area contributed by atoms with Gasteiger partial charge in [-0.1, -0.05) is 65.9 Å². The van der Waals surface area contributed by atoms with E-state index in [9.17, 15) is 14.0 Å². The predicted octanol–water partition coefficient (Wildman–Crippen LogP) is 4.84. The van der Waals surface area contributed by atoms with Crippen LogP contribution in [-0.4, -0.2) is 16.8 Å². The molecule has 1 aromatic heterocycles. The van der Waals surface area contributed by atoms with Gasteiger partial charge in [0.1, 0.15) is 12.4 Å². The van der Waals surface area contributed by atoms with Crippen molar-refractivity contribution in [1.29, 1.82) is 0 Å². The molecule has 0 N–H and O–H groups in total. The molecule has 2 heterocycles. The number of nitrogens with zero attached hydrogens (tertiary/aromatic N) is 2. The number of thiazole rings is 1. The second kappa shape index (κ2) is 10.7. The van der Waals surface area contributed by atoms with E-state index in [0.717, 1.165) is 16.0 Å². The number of ether oxygens (including phenoxy) is 1. The Kier molecular flexibility index (Phi) is 7.21. The zero-order valence-corrected chi connectivity index (χ0v) is 21.8. The van der Waals surface area contributed by atoms with Crippen LogP contribution in [0.4, 0.5) is 4.39 Å². The second-order valence-electron chi connectivity index (χ2n) is 8.47. The zero-order chi connectivity index (χ0) is 25.9. The maximum atomic E-state index is 13.7. The third kappa shape index (κ3) is 5.21. The Balaban J connectivity index is 1.61. The van der Waals surface area contributed by atoms with Crippen molar-refractivity contribution in [2.75, 3.05) is 6.26 Å². The number of fused-ring (bicyclic) bond motifs is 1. The number of allylic oxidation sites excluding steroid dienone is 1. The molecule has 0 aliphatic carbocycles. The van der Waals surface area contributed by atoms with Gasteiger partial charge in [-0.2, -0.15) is 0 Å². The van der Waals surface area contributed by atoms with Gasteiger partial charge in [0.2, 0.25) is 0 Å². The molecule has 4 aromatic rings. The van der Waals surface area contributed by atoms with Gasteiger partial charge in [0.15, 0.2) is 4.80 Å². The van der Waals surface area contributed by atoms with E-state index in [1.165, 1.54) is 23.5 Å². The van der Waals surface area contributed by atoms with Crippen LogP contribution in [0.1, 0.15) is 29.7 Å². The molecule has 0 saturated carbocycles. The Morgan fingerprint density at radius 1 is 1.08 bits per heavy atom. The predicted molar refractivity (Wildman–Crippen MR) is 145 cm³/mol. The standard InChI is InChI=1S/C29H23FN2O3S2/c1-18-25(28(34)35-17-20-6-4-3-5-7-20)26(21-10-14-23(36-2)15-11-21)32-27(33)24(37-29(32)31-18)16-19-8-12-22(30)13-9-19/h3-16,26H,17H2,1-2H3. The van der Waals surface area contributed by atoms with Crippen molar-refractivity contribution in [2.45, 2.75) is 24.5 Å². The number of carbonyl (C=O) groups is 1. The second-order valence-corrected chi connectivity index (χ2v) is 10.4. The summed E-state index contributed by atoms with van der Waals surface area (Å²) in [6.07, 6.45) is 3.70. The van der Waals surface area contributed by atoms with E-state index < -0.39 is 12.0 Å². The van der Waals surface area contributed by atoms with Crippen LogP contribution in [0.5, 0.6) is 0 Å². The topological polar surface area (TPSA) is 60.7 Å². The first kappa shape index (κ1) is 24.9. The fourth-order valence-corrected chi connectivity index (χ4v) is 5.65. The molecule has 5 nitrogen and oxygen atoms in total. The Morgan fingerprint density at radius 2 is 1.78 bits per heavy atom. The van der Waals surface area contributed by atoms with Crippen molar-refractivity contribution in [3.05, 3.63) is 132 Å². The third-order valence-electron chi connectivity index (χ3n) is 6.05. The van der Waals surface area contributed by atoms with Gasteiger partial charge in [0.05, 0.1) is 21.8 Å². The van der Waals surface area contributed by atoms with Crippen molar-refractivity contribution < 1.29 is 13.9 Å². The van der Waals surface area contributed by atoms with E-state index >= 15 is 0 Å². The fourth-order valence-electron chi connectivity index (χ4n) is 4.20. The molecule has 1 atom stereocenters. The smallest absolute Gasteiger partial charge is 0.338 e. The van der Waals surface area contributed by atoms with Crippen LogP contribution in [0.15, 0.2) is 105 Å². The van der Waals surface area contributed by atoms with Gasteiger partial charge in [0, 0.05) is 4.90 Å². The molecule has 0 fully saturated rings. The van der Waals surface area contributed by atoms with Gasteiger partial charge in [-0.25, -0.2) is 14.2 Å². The van der Waals surface area contributed by atoms with Gasteiger partial charge in [0.25, 0.3) is 5.56 Å². The van der Waals surface area contributed by atoms with E-state index in [0.29, 0.717) is 26.2 Å². The molecule has 3 aromatic carbocycles. The van der Waals surface area contributed by atoms with Crippen molar-refractivity contribution >= 4 is 35.1 Å². The van der Waals surface area contributed by atoms with E-state index in [4.69, 9.17) is 4.74 Å². The highest BCUT2D eigenvalue weighted by Gasteiger charge is 2.33. The highest BCUT2D eigenvalue weighted by molar-refractivity contribution is 7.98. The number of esters is 1. The zero-order valence-electron chi connectivity index (χ0n) is 20.2. The lowest BCUT2D eigenvalue weighted by Crippen LogP contribution is -2.39. The monoisotopic (exact) mass is 530 g/mol. The SMILES string of the molecule is CSc1ccc(C2C(C(=O)OCc3ccccc3)=C(C)N=c3sc(=Cc4ccc(F)cc4)c(=O)n32)cc1. The molecule has 186 valence electrons. The molecule has 8 heteroatoms. The minimum atomic E-state index is -0.689. The summed E-state index contributed by atoms with van der Waals surface area (Å²) in [4.78, 5) is 33.3. The maximum absolute atomic E-state index is 13.7. The van der Waals surface area contributed by atoms with Crippen LogP contribution in [0, 0.1) is 5.82 Å². The quantitative estimate of drug-likeness (QED) is 0.264. The highest BCUT2D eigenvalue weighted by atomic mass is 32.2. The summed E-state index contributed by atoms with van der Waals surface area (Å²) in [5, 5.41) is 0. The Morgan fingerprint density at radius 3 is 2.46 bits per heavy atom. The molecule has 0 radical (unpaired) electrons. The average Bonchev–Trinajstić information content (AvgIpc) is 3.22. The number of hydrogen-bond acceptors (Lipinski definition) is 6. The first-order chi connectivity index (χ1) is 17.9. The molecule has 0 bridgehead atoms. The lowest BCUT2D eigenvalue weighted by molar-refractivity contribution is -0.140. The molecular weight excluding hydrogens is 507 g/mol. The summed E-state index contributed by atoms with van der Waals surface area (Å²) in [5.74, 6) is -0.863. The maximum Gasteiger partial charge on any atom is 0.338 e. The first-order valence-electron chi connectivity index (χ1n) is 11.6. The van der Waals surface area contributed by atoms with Crippen molar-refractivity contribution in [3.63, 3.8) is 0 Å². The van der Waals surface area contributed by atoms with Gasteiger partial charge >= 0.3 is 5.97 Å². The largest absolute Gasteiger partial charge is 0.457 e. The minimum Gasteiger partial charge on any atom is -0.457 e. The fraction of sp³-hybridized carbons (Fsp3) is 0.138. The Bertz CT molecular complexity index is 1660. The summed E-state index contributed by atoms with van der Waals surface area (Å²) in [6.45, 7) is 1.88. The molecule has 1 aliphatic heterocycles. The van der Waals surface area contributed by atoms with Crippen LogP contribution in [0.2, 0.25) is 0 Å². The normalized spacial score (nSPS) is 15.3. The summed E-state index contributed by atoms with van der Waals surface area (Å²) in [7, 11) is 0. The van der Waals surface area contributed by atoms with Crippen LogP contribution in [-0.2, 0) is 16.1 Å². The van der Waals surface area contributed by atoms with Crippen LogP contribution in [0.25, 0.3) is 6.08 Å². The third-order valence-corrected chi connectivity index (χ3v) is 7.78. The molecule has 0 saturated heterocycles. The van der Waals surface area contributed by atoms with Gasteiger partial charge in [-0.3, -0.25) is 9.36 Å². The van der Waals surface area contributed by atoms with E-state index in [-0.39, 0.29) is 18.0 Å². The molecular formula is C29H23FN2O3S2. The number of carbonyl (C=O) groups excluding carboxylic acids is 1. The number of hydrogen-bond donors (Lipinski definition) is 0. The Labute approximate surface area is 221 Å². The van der Waals surface area contributed by atoms with E-state index in [1.807, 2.05) is 60.9 Å². The highest BCUT2D eigenvalue weighted by Crippen LogP contribution is 2.32. The van der Waals surface area contributed by atoms with E-state index in [2.05, 4.69) is 4.99 Å². The molecule has 0 amide bonds. The average molecular weight is 531 g/mol. The van der Waals surface area contributed by atoms with Gasteiger partial charge < -0.3 is 4.74 Å². The molecule has 1 aliphatic rings. The Hall–Kier alpha value is -3.75. The van der Waals surface area contributed by atoms with Crippen molar-refractivity contribution in [3.8, 4) is 0 Å². The lowest BCUT2D eigenvalue weighted by atomic mass is 9.96. The number of aromatic nitrogens is 1. The summed E-state index contributed by atoms with van der Waals surface area (Å²) in [6, 6.07) is 22.5. The number of benzene rings is 3. The van der Waals surface area contributed by atoms with Crippen molar-refractivity contribution in [2.24, 2.45) is 4.99 Å². The summed E-state index contributed by atoms with van der Waals surface area (Å²) >= 11 is 2.85. The van der Waals surface area contributed by atoms with Crippen LogP contribution in [0.3, 0.4) is 0 Å². The summed E-state index contributed by atoms with van der Waals surface area (Å²) < 4.78 is 21.1. The number of halogens is 1. The van der Waals surface area contributed by atoms with E-state index in [1.54, 1.807) is 41.5 Å². The van der Waals surface area contributed by atoms with Crippen LogP contribution >= 0.6 is 23.1 Å². The molecule has 1 unspecified atom stereocenters. The molecule has 37 heavy (non-hydrogen) atoms. The molecule has 5 rings (SSSR count). The van der Waals surface area contributed by atoms with Crippen LogP contribution < -0.4 is 14.9 Å². The number of rotatable bonds is 6. The first-order valence-corrected chi connectivity index (χ1v) is 13.6. The van der Waals surface area contributed by atoms with Gasteiger partial charge in [-0.05, 0) is 60.2 Å². The minimum absolute atomic E-state index is 0.115. The lowest BCUT2D eigenvalue weighted by Gasteiger charge is -2.25. The number of thioether (sulfide) groups is 1. The summed E-state index contributed by atoms with van der Waals surface area (Å²) in [5.41, 5.74) is 2.92.